The van der Waals surface area contributed by atoms with Gasteiger partial charge >= 0.3 is 11.9 Å². The minimum absolute atomic E-state index is 0. The fraction of sp³-hybridized carbons (Fsp3) is 0.417. The summed E-state index contributed by atoms with van der Waals surface area (Å²) in [4.78, 5) is 25.8. The SMILES string of the molecule is COC(=O)C(C)(C)NCc1ccc(C(=O)O)nc1.Cl.Cl. The number of carbonyl (C=O) groups is 2. The Balaban J connectivity index is 0. The van der Waals surface area contributed by atoms with Crippen LogP contribution in [0.4, 0.5) is 0 Å². The molecular weight excluding hydrogens is 307 g/mol. The Hall–Kier alpha value is -1.37. The number of methoxy groups -OCH3 is 1. The number of nitrogens with zero attached hydrogens (tertiary/aromatic N) is 1. The molecule has 1 heterocycles. The maximum absolute atomic E-state index is 11.4. The summed E-state index contributed by atoms with van der Waals surface area (Å²) >= 11 is 0. The molecule has 1 rings (SSSR count). The van der Waals surface area contributed by atoms with Crippen molar-refractivity contribution in [2.75, 3.05) is 7.11 Å². The molecule has 0 spiro atoms. The summed E-state index contributed by atoms with van der Waals surface area (Å²) in [5, 5.41) is 11.7. The van der Waals surface area contributed by atoms with Crippen molar-refractivity contribution in [1.29, 1.82) is 0 Å². The molecule has 0 aliphatic carbocycles. The van der Waals surface area contributed by atoms with Gasteiger partial charge in [0, 0.05) is 12.7 Å². The van der Waals surface area contributed by atoms with Crippen LogP contribution in [0.1, 0.15) is 29.9 Å². The topological polar surface area (TPSA) is 88.5 Å². The Morgan fingerprint density at radius 3 is 2.35 bits per heavy atom. The van der Waals surface area contributed by atoms with E-state index in [1.807, 2.05) is 0 Å². The molecule has 2 N–H and O–H groups in total. The van der Waals surface area contributed by atoms with E-state index in [-0.39, 0.29) is 36.5 Å². The van der Waals surface area contributed by atoms with Crippen molar-refractivity contribution < 1.29 is 19.4 Å². The molecule has 0 aliphatic heterocycles. The molecule has 0 aromatic carbocycles. The minimum atomic E-state index is -1.07. The van der Waals surface area contributed by atoms with Crippen LogP contribution in [-0.4, -0.2) is 34.7 Å². The molecule has 0 amide bonds. The van der Waals surface area contributed by atoms with Gasteiger partial charge in [0.05, 0.1) is 7.11 Å². The molecule has 0 radical (unpaired) electrons. The number of carboxylic acids is 1. The van der Waals surface area contributed by atoms with E-state index < -0.39 is 11.5 Å². The highest BCUT2D eigenvalue weighted by molar-refractivity contribution is 5.86. The second-order valence-electron chi connectivity index (χ2n) is 4.33. The third-order valence-corrected chi connectivity index (χ3v) is 2.47. The van der Waals surface area contributed by atoms with Crippen molar-refractivity contribution in [2.24, 2.45) is 0 Å². The third kappa shape index (κ3) is 5.73. The summed E-state index contributed by atoms with van der Waals surface area (Å²) in [5.74, 6) is -1.43. The summed E-state index contributed by atoms with van der Waals surface area (Å²) in [6.45, 7) is 3.81. The monoisotopic (exact) mass is 324 g/mol. The fourth-order valence-corrected chi connectivity index (χ4v) is 1.31. The van der Waals surface area contributed by atoms with Gasteiger partial charge < -0.3 is 9.84 Å². The summed E-state index contributed by atoms with van der Waals surface area (Å²) in [6.07, 6.45) is 1.46. The number of aromatic carboxylic acids is 1. The molecular formula is C12H18Cl2N2O4. The highest BCUT2D eigenvalue weighted by Gasteiger charge is 2.27. The Morgan fingerprint density at radius 1 is 1.35 bits per heavy atom. The molecule has 8 heteroatoms. The Labute approximate surface area is 129 Å². The van der Waals surface area contributed by atoms with Crippen molar-refractivity contribution in [3.05, 3.63) is 29.6 Å². The average Bonchev–Trinajstić information content (AvgIpc) is 2.35. The second-order valence-corrected chi connectivity index (χ2v) is 4.33. The van der Waals surface area contributed by atoms with Gasteiger partial charge in [-0.1, -0.05) is 6.07 Å². The molecule has 0 bridgehead atoms. The van der Waals surface area contributed by atoms with Gasteiger partial charge in [-0.3, -0.25) is 10.1 Å². The van der Waals surface area contributed by atoms with Crippen LogP contribution in [0, 0.1) is 0 Å². The van der Waals surface area contributed by atoms with Crippen LogP contribution in [0.2, 0.25) is 0 Å². The number of hydrogen-bond acceptors (Lipinski definition) is 5. The number of ether oxygens (including phenoxy) is 1. The Morgan fingerprint density at radius 2 is 1.95 bits per heavy atom. The van der Waals surface area contributed by atoms with Gasteiger partial charge in [-0.2, -0.15) is 0 Å². The lowest BCUT2D eigenvalue weighted by atomic mass is 10.1. The van der Waals surface area contributed by atoms with Crippen LogP contribution in [0.25, 0.3) is 0 Å². The minimum Gasteiger partial charge on any atom is -0.477 e. The van der Waals surface area contributed by atoms with Crippen molar-refractivity contribution in [1.82, 2.24) is 10.3 Å². The molecule has 0 fully saturated rings. The van der Waals surface area contributed by atoms with Crippen LogP contribution < -0.4 is 5.32 Å². The van der Waals surface area contributed by atoms with E-state index in [4.69, 9.17) is 5.11 Å². The number of carboxylic acid groups (broad SMARTS) is 1. The quantitative estimate of drug-likeness (QED) is 0.801. The number of carbonyl (C=O) groups excluding carboxylic acids is 1. The van der Waals surface area contributed by atoms with Gasteiger partial charge in [0.15, 0.2) is 0 Å². The molecule has 0 saturated heterocycles. The molecule has 0 saturated carbocycles. The number of esters is 1. The molecule has 20 heavy (non-hydrogen) atoms. The summed E-state index contributed by atoms with van der Waals surface area (Å²) < 4.78 is 4.66. The number of rotatable bonds is 5. The van der Waals surface area contributed by atoms with E-state index in [1.165, 1.54) is 19.4 Å². The summed E-state index contributed by atoms with van der Waals surface area (Å²) in [7, 11) is 1.33. The van der Waals surface area contributed by atoms with E-state index in [2.05, 4.69) is 15.0 Å². The number of nitrogens with one attached hydrogen (secondary N) is 1. The highest BCUT2D eigenvalue weighted by atomic mass is 35.5. The number of aromatic nitrogens is 1. The van der Waals surface area contributed by atoms with Gasteiger partial charge in [-0.25, -0.2) is 9.78 Å². The first kappa shape index (κ1) is 20.9. The number of pyridine rings is 1. The largest absolute Gasteiger partial charge is 0.477 e. The Bertz CT molecular complexity index is 449. The first-order valence-electron chi connectivity index (χ1n) is 5.38. The number of halogens is 2. The maximum atomic E-state index is 11.4. The lowest BCUT2D eigenvalue weighted by Gasteiger charge is -2.23. The highest BCUT2D eigenvalue weighted by Crippen LogP contribution is 2.07. The fourth-order valence-electron chi connectivity index (χ4n) is 1.31. The molecule has 0 aliphatic rings. The van der Waals surface area contributed by atoms with Crippen LogP contribution in [0.3, 0.4) is 0 Å². The predicted molar refractivity (Wildman–Crippen MR) is 78.6 cm³/mol. The van der Waals surface area contributed by atoms with Crippen molar-refractivity contribution >= 4 is 36.8 Å². The lowest BCUT2D eigenvalue weighted by Crippen LogP contribution is -2.46. The molecule has 0 atom stereocenters. The first-order valence-corrected chi connectivity index (χ1v) is 5.38. The van der Waals surface area contributed by atoms with Crippen LogP contribution in [-0.2, 0) is 16.1 Å². The van der Waals surface area contributed by atoms with Crippen molar-refractivity contribution in [3.63, 3.8) is 0 Å². The zero-order valence-corrected chi connectivity index (χ0v) is 13.0. The van der Waals surface area contributed by atoms with Gasteiger partial charge in [0.2, 0.25) is 0 Å². The van der Waals surface area contributed by atoms with Crippen molar-refractivity contribution in [2.45, 2.75) is 25.9 Å². The van der Waals surface area contributed by atoms with Gasteiger partial charge in [-0.05, 0) is 25.5 Å². The van der Waals surface area contributed by atoms with Crippen LogP contribution >= 0.6 is 24.8 Å². The normalized spacial score (nSPS) is 9.95. The average molecular weight is 325 g/mol. The molecule has 114 valence electrons. The predicted octanol–water partition coefficient (Wildman–Crippen LogP) is 1.66. The Kier molecular flexibility index (Phi) is 9.14. The van der Waals surface area contributed by atoms with E-state index in [0.717, 1.165) is 5.56 Å². The first-order chi connectivity index (χ1) is 8.36. The van der Waals surface area contributed by atoms with E-state index in [9.17, 15) is 9.59 Å². The van der Waals surface area contributed by atoms with E-state index >= 15 is 0 Å². The van der Waals surface area contributed by atoms with Crippen LogP contribution in [0.15, 0.2) is 18.3 Å². The molecule has 6 nitrogen and oxygen atoms in total. The molecule has 1 aromatic heterocycles. The third-order valence-electron chi connectivity index (χ3n) is 2.47. The number of hydrogen-bond donors (Lipinski definition) is 2. The van der Waals surface area contributed by atoms with Gasteiger partial charge in [0.25, 0.3) is 0 Å². The van der Waals surface area contributed by atoms with Gasteiger partial charge in [-0.15, -0.1) is 24.8 Å². The lowest BCUT2D eigenvalue weighted by molar-refractivity contribution is -0.147. The molecule has 0 unspecified atom stereocenters. The van der Waals surface area contributed by atoms with E-state index in [1.54, 1.807) is 19.9 Å². The van der Waals surface area contributed by atoms with Gasteiger partial charge in [0.1, 0.15) is 11.2 Å². The summed E-state index contributed by atoms with van der Waals surface area (Å²) in [5.41, 5.74) is -0.0248. The standard InChI is InChI=1S/C12H16N2O4.2ClH/c1-12(2,11(17)18-3)14-7-8-4-5-9(10(15)16)13-6-8;;/h4-6,14H,7H2,1-3H3,(H,15,16);2*1H. The molecule has 1 aromatic rings. The smallest absolute Gasteiger partial charge is 0.354 e. The van der Waals surface area contributed by atoms with Crippen molar-refractivity contribution in [3.8, 4) is 0 Å². The van der Waals surface area contributed by atoms with Crippen LogP contribution in [0.5, 0.6) is 0 Å². The zero-order valence-electron chi connectivity index (χ0n) is 11.4. The zero-order chi connectivity index (χ0) is 13.8. The summed E-state index contributed by atoms with van der Waals surface area (Å²) in [6, 6.07) is 3.07. The van der Waals surface area contributed by atoms with E-state index in [0.29, 0.717) is 6.54 Å². The maximum Gasteiger partial charge on any atom is 0.354 e. The second kappa shape index (κ2) is 8.73.